The van der Waals surface area contributed by atoms with Crippen molar-refractivity contribution < 1.29 is 4.79 Å². The number of halogens is 1. The first kappa shape index (κ1) is 20.3. The van der Waals surface area contributed by atoms with Gasteiger partial charge in [-0.2, -0.15) is 10.2 Å². The number of aromatic amines is 1. The molecule has 0 atom stereocenters. The maximum Gasteiger partial charge on any atom is 0.224 e. The average Bonchev–Trinajstić information content (AvgIpc) is 3.16. The summed E-state index contributed by atoms with van der Waals surface area (Å²) in [6.45, 7) is 7.15. The van der Waals surface area contributed by atoms with Crippen molar-refractivity contribution in [3.8, 4) is 5.69 Å². The van der Waals surface area contributed by atoms with Crippen molar-refractivity contribution >= 4 is 29.7 Å². The van der Waals surface area contributed by atoms with E-state index in [0.29, 0.717) is 22.8 Å². The minimum atomic E-state index is -0.0426. The van der Waals surface area contributed by atoms with Crippen molar-refractivity contribution in [2.24, 2.45) is 0 Å². The molecule has 1 aromatic carbocycles. The minimum Gasteiger partial charge on any atom is -0.355 e. The van der Waals surface area contributed by atoms with Crippen LogP contribution in [0.15, 0.2) is 24.3 Å². The molecule has 9 heteroatoms. The first-order valence-corrected chi connectivity index (χ1v) is 9.91. The van der Waals surface area contributed by atoms with E-state index in [2.05, 4.69) is 20.6 Å². The number of nitrogens with zero attached hydrogens (tertiary/aromatic N) is 4. The van der Waals surface area contributed by atoms with E-state index in [4.69, 9.17) is 23.8 Å². The highest BCUT2D eigenvalue weighted by Crippen LogP contribution is 2.20. The maximum atomic E-state index is 12.4. The molecule has 1 amide bonds. The normalized spacial score (nSPS) is 11.0. The van der Waals surface area contributed by atoms with E-state index in [0.717, 1.165) is 35.0 Å². The molecule has 2 aromatic heterocycles. The second-order valence-electron chi connectivity index (χ2n) is 6.50. The van der Waals surface area contributed by atoms with Crippen LogP contribution in [0.2, 0.25) is 5.02 Å². The zero-order valence-electron chi connectivity index (χ0n) is 16.1. The maximum absolute atomic E-state index is 12.4. The van der Waals surface area contributed by atoms with Crippen molar-refractivity contribution in [3.63, 3.8) is 0 Å². The van der Waals surface area contributed by atoms with E-state index in [1.54, 1.807) is 0 Å². The lowest BCUT2D eigenvalue weighted by Crippen LogP contribution is -2.28. The van der Waals surface area contributed by atoms with Gasteiger partial charge in [0.05, 0.1) is 17.8 Å². The second kappa shape index (κ2) is 8.70. The summed E-state index contributed by atoms with van der Waals surface area (Å²) in [6, 6.07) is 7.47. The molecule has 0 saturated heterocycles. The molecule has 0 aliphatic carbocycles. The number of aryl methyl sites for hydroxylation is 1. The Labute approximate surface area is 173 Å². The van der Waals surface area contributed by atoms with Gasteiger partial charge in [0, 0.05) is 35.8 Å². The Kier molecular flexibility index (Phi) is 6.31. The van der Waals surface area contributed by atoms with Gasteiger partial charge in [-0.05, 0) is 57.3 Å². The molecular weight excluding hydrogens is 396 g/mol. The smallest absolute Gasteiger partial charge is 0.224 e. The lowest BCUT2D eigenvalue weighted by Gasteiger charge is -2.07. The molecule has 0 fully saturated rings. The summed E-state index contributed by atoms with van der Waals surface area (Å²) in [5.41, 5.74) is 3.64. The molecule has 0 saturated carbocycles. The van der Waals surface area contributed by atoms with Crippen LogP contribution in [-0.2, 0) is 24.2 Å². The van der Waals surface area contributed by atoms with E-state index in [1.165, 1.54) is 0 Å². The van der Waals surface area contributed by atoms with Crippen molar-refractivity contribution in [3.05, 3.63) is 56.8 Å². The highest BCUT2D eigenvalue weighted by molar-refractivity contribution is 7.71. The van der Waals surface area contributed by atoms with Crippen LogP contribution in [0.5, 0.6) is 0 Å². The van der Waals surface area contributed by atoms with Crippen LogP contribution in [0.3, 0.4) is 0 Å². The van der Waals surface area contributed by atoms with Crippen molar-refractivity contribution in [2.75, 3.05) is 6.54 Å². The van der Waals surface area contributed by atoms with Crippen LogP contribution in [0.4, 0.5) is 0 Å². The molecule has 0 radical (unpaired) electrons. The van der Waals surface area contributed by atoms with E-state index in [1.807, 2.05) is 54.3 Å². The Morgan fingerprint density at radius 1 is 1.29 bits per heavy atom. The molecule has 2 heterocycles. The largest absolute Gasteiger partial charge is 0.355 e. The summed E-state index contributed by atoms with van der Waals surface area (Å²) in [5.74, 6) is 0.801. The van der Waals surface area contributed by atoms with Gasteiger partial charge in [0.15, 0.2) is 4.77 Å². The Morgan fingerprint density at radius 2 is 2.00 bits per heavy atom. The molecule has 28 heavy (non-hydrogen) atoms. The molecular formula is C19H23ClN6OS. The topological polar surface area (TPSA) is 80.5 Å². The highest BCUT2D eigenvalue weighted by atomic mass is 35.5. The monoisotopic (exact) mass is 418 g/mol. The third-order valence-electron chi connectivity index (χ3n) is 4.67. The third-order valence-corrected chi connectivity index (χ3v) is 5.24. The average molecular weight is 419 g/mol. The standard InChI is InChI=1S/C19H23ClN6OS/c1-4-25-17(22-23-19(25)28)9-10-21-18(27)11-16-12(2)24-26(13(16)3)15-7-5-14(20)6-8-15/h5-8H,4,9-11H2,1-3H3,(H,21,27)(H,23,28). The van der Waals surface area contributed by atoms with Crippen molar-refractivity contribution in [1.82, 2.24) is 29.9 Å². The number of hydrogen-bond donors (Lipinski definition) is 2. The van der Waals surface area contributed by atoms with E-state index >= 15 is 0 Å². The fourth-order valence-electron chi connectivity index (χ4n) is 3.17. The molecule has 7 nitrogen and oxygen atoms in total. The molecule has 2 N–H and O–H groups in total. The summed E-state index contributed by atoms with van der Waals surface area (Å²) in [5, 5.41) is 15.2. The number of rotatable bonds is 7. The highest BCUT2D eigenvalue weighted by Gasteiger charge is 2.16. The molecule has 0 spiro atoms. The van der Waals surface area contributed by atoms with E-state index in [-0.39, 0.29) is 12.3 Å². The predicted octanol–water partition coefficient (Wildman–Crippen LogP) is 3.32. The van der Waals surface area contributed by atoms with Crippen LogP contribution >= 0.6 is 23.8 Å². The number of H-pyrrole nitrogens is 1. The van der Waals surface area contributed by atoms with Crippen LogP contribution in [0.25, 0.3) is 5.69 Å². The lowest BCUT2D eigenvalue weighted by molar-refractivity contribution is -0.120. The molecule has 148 valence electrons. The van der Waals surface area contributed by atoms with Crippen LogP contribution in [0, 0.1) is 18.6 Å². The Balaban J connectivity index is 1.64. The molecule has 3 aromatic rings. The fourth-order valence-corrected chi connectivity index (χ4v) is 3.57. The van der Waals surface area contributed by atoms with Gasteiger partial charge in [-0.15, -0.1) is 0 Å². The molecule has 0 aliphatic rings. The molecule has 3 rings (SSSR count). The zero-order chi connectivity index (χ0) is 20.3. The molecule has 0 bridgehead atoms. The molecule has 0 unspecified atom stereocenters. The number of carbonyl (C=O) groups excluding carboxylic acids is 1. The van der Waals surface area contributed by atoms with Crippen LogP contribution in [-0.4, -0.2) is 37.0 Å². The summed E-state index contributed by atoms with van der Waals surface area (Å²) in [7, 11) is 0. The van der Waals surface area contributed by atoms with Gasteiger partial charge in [-0.1, -0.05) is 11.6 Å². The molecule has 0 aliphatic heterocycles. The Morgan fingerprint density at radius 3 is 2.68 bits per heavy atom. The fraction of sp³-hybridized carbons (Fsp3) is 0.368. The van der Waals surface area contributed by atoms with E-state index in [9.17, 15) is 4.79 Å². The minimum absolute atomic E-state index is 0.0426. The predicted molar refractivity (Wildman–Crippen MR) is 112 cm³/mol. The van der Waals surface area contributed by atoms with Gasteiger partial charge in [-0.25, -0.2) is 4.68 Å². The number of aromatic nitrogens is 5. The van der Waals surface area contributed by atoms with Crippen LogP contribution < -0.4 is 5.32 Å². The van der Waals surface area contributed by atoms with Gasteiger partial charge in [-0.3, -0.25) is 9.89 Å². The summed E-state index contributed by atoms with van der Waals surface area (Å²) in [4.78, 5) is 12.4. The van der Waals surface area contributed by atoms with Gasteiger partial charge >= 0.3 is 0 Å². The first-order chi connectivity index (χ1) is 13.4. The number of carbonyl (C=O) groups is 1. The van der Waals surface area contributed by atoms with Gasteiger partial charge in [0.1, 0.15) is 5.82 Å². The lowest BCUT2D eigenvalue weighted by atomic mass is 10.1. The summed E-state index contributed by atoms with van der Waals surface area (Å²) < 4.78 is 4.36. The number of benzene rings is 1. The quantitative estimate of drug-likeness (QED) is 0.577. The van der Waals surface area contributed by atoms with Gasteiger partial charge in [0.2, 0.25) is 5.91 Å². The SMILES string of the molecule is CCn1c(CCNC(=O)Cc2c(C)nn(-c3ccc(Cl)cc3)c2C)n[nH]c1=S. The number of nitrogens with one attached hydrogen (secondary N) is 2. The van der Waals surface area contributed by atoms with Crippen molar-refractivity contribution in [1.29, 1.82) is 0 Å². The number of hydrogen-bond acceptors (Lipinski definition) is 4. The first-order valence-electron chi connectivity index (χ1n) is 9.12. The van der Waals surface area contributed by atoms with E-state index < -0.39 is 0 Å². The summed E-state index contributed by atoms with van der Waals surface area (Å²) in [6.07, 6.45) is 0.903. The Hall–Kier alpha value is -2.45. The second-order valence-corrected chi connectivity index (χ2v) is 7.33. The van der Waals surface area contributed by atoms with Crippen molar-refractivity contribution in [2.45, 2.75) is 40.2 Å². The van der Waals surface area contributed by atoms with Crippen LogP contribution in [0.1, 0.15) is 29.7 Å². The Bertz CT molecular complexity index is 1030. The zero-order valence-corrected chi connectivity index (χ0v) is 17.7. The van der Waals surface area contributed by atoms with Gasteiger partial charge in [0.25, 0.3) is 0 Å². The van der Waals surface area contributed by atoms with Gasteiger partial charge < -0.3 is 9.88 Å². The summed E-state index contributed by atoms with van der Waals surface area (Å²) >= 11 is 11.1. The third kappa shape index (κ3) is 4.34. The number of amides is 1.